The minimum absolute atomic E-state index is 0.109. The quantitative estimate of drug-likeness (QED) is 0.590. The molecule has 0 saturated heterocycles. The molecule has 12 heavy (non-hydrogen) atoms. The van der Waals surface area contributed by atoms with E-state index in [1.54, 1.807) is 6.07 Å². The summed E-state index contributed by atoms with van der Waals surface area (Å²) in [4.78, 5) is 7.47. The van der Waals surface area contributed by atoms with Crippen molar-refractivity contribution in [2.24, 2.45) is 0 Å². The van der Waals surface area contributed by atoms with Crippen LogP contribution in [0.3, 0.4) is 0 Å². The lowest BCUT2D eigenvalue weighted by Gasteiger charge is -1.93. The third kappa shape index (κ3) is 1.85. The minimum Gasteiger partial charge on any atom is -0.382 e. The van der Waals surface area contributed by atoms with E-state index in [4.69, 9.17) is 22.6 Å². The Hall–Kier alpha value is -1.78. The number of hydrogen-bond acceptors (Lipinski definition) is 4. The summed E-state index contributed by atoms with van der Waals surface area (Å²) in [7, 11) is 0. The second-order valence-corrected chi connectivity index (χ2v) is 2.15. The highest BCUT2D eigenvalue weighted by molar-refractivity contribution is 6.30. The molecule has 0 aliphatic heterocycles. The van der Waals surface area contributed by atoms with Gasteiger partial charge in [-0.25, -0.2) is 9.97 Å². The van der Waals surface area contributed by atoms with Crippen LogP contribution in [0.15, 0.2) is 6.20 Å². The van der Waals surface area contributed by atoms with Crippen molar-refractivity contribution < 1.29 is 0 Å². The smallest absolute Gasteiger partial charge is 0.165 e. The van der Waals surface area contributed by atoms with Gasteiger partial charge in [0.2, 0.25) is 0 Å². The van der Waals surface area contributed by atoms with Crippen molar-refractivity contribution in [1.29, 1.82) is 5.26 Å². The molecule has 0 unspecified atom stereocenters. The molecular weight excluding hydrogens is 176 g/mol. The molecule has 1 aromatic rings. The van der Waals surface area contributed by atoms with Crippen LogP contribution in [-0.4, -0.2) is 9.97 Å². The zero-order valence-electron chi connectivity index (χ0n) is 5.87. The molecule has 0 aliphatic carbocycles. The van der Waals surface area contributed by atoms with Gasteiger partial charge in [0.25, 0.3) is 0 Å². The fraction of sp³-hybridized carbons (Fsp3) is 0. The Bertz CT molecular complexity index is 396. The van der Waals surface area contributed by atoms with Crippen LogP contribution in [0.25, 0.3) is 0 Å². The number of hydrogen-bond donors (Lipinski definition) is 1. The lowest BCUT2D eigenvalue weighted by molar-refractivity contribution is 1.18. The van der Waals surface area contributed by atoms with Crippen LogP contribution in [0.5, 0.6) is 0 Å². The van der Waals surface area contributed by atoms with Gasteiger partial charge in [-0.2, -0.15) is 5.26 Å². The first kappa shape index (κ1) is 8.32. The Balaban J connectivity index is 3.12. The van der Waals surface area contributed by atoms with E-state index in [0.717, 1.165) is 0 Å². The van der Waals surface area contributed by atoms with Crippen LogP contribution >= 0.6 is 11.6 Å². The van der Waals surface area contributed by atoms with Gasteiger partial charge in [-0.1, -0.05) is 11.6 Å². The fourth-order valence-electron chi connectivity index (χ4n) is 0.550. The molecule has 0 amide bonds. The molecule has 0 fully saturated rings. The lowest BCUT2D eigenvalue weighted by Crippen LogP contribution is -1.94. The maximum Gasteiger partial charge on any atom is 0.165 e. The van der Waals surface area contributed by atoms with E-state index in [-0.39, 0.29) is 16.7 Å². The number of nitrogens with two attached hydrogens (primary N) is 1. The van der Waals surface area contributed by atoms with Gasteiger partial charge in [-0.3, -0.25) is 0 Å². The average molecular weight is 179 g/mol. The molecule has 0 bridgehead atoms. The molecule has 0 spiro atoms. The summed E-state index contributed by atoms with van der Waals surface area (Å²) in [6.07, 6.45) is 1.33. The summed E-state index contributed by atoms with van der Waals surface area (Å²) in [5.41, 5.74) is 5.54. The molecule has 58 valence electrons. The van der Waals surface area contributed by atoms with E-state index in [9.17, 15) is 0 Å². The molecule has 0 saturated carbocycles. The largest absolute Gasteiger partial charge is 0.382 e. The number of nitrogens with zero attached hydrogens (tertiary/aromatic N) is 3. The van der Waals surface area contributed by atoms with Gasteiger partial charge in [-0.05, 0) is 5.92 Å². The highest BCUT2D eigenvalue weighted by Crippen LogP contribution is 2.09. The first-order valence-corrected chi connectivity index (χ1v) is 3.30. The molecule has 0 atom stereocenters. The standard InChI is InChI=1S/C7H3ClN4/c8-7-5(2-1-3-9)11-4-6(10)12-7/h4H,(H2,10,12). The third-order valence-corrected chi connectivity index (χ3v) is 1.25. The van der Waals surface area contributed by atoms with Crippen LogP contribution in [0.2, 0.25) is 5.15 Å². The van der Waals surface area contributed by atoms with E-state index in [1.165, 1.54) is 6.20 Å². The number of halogens is 1. The van der Waals surface area contributed by atoms with Gasteiger partial charge in [0.15, 0.2) is 16.9 Å². The van der Waals surface area contributed by atoms with Gasteiger partial charge in [-0.15, -0.1) is 0 Å². The number of nitriles is 1. The van der Waals surface area contributed by atoms with Crippen molar-refractivity contribution in [2.75, 3.05) is 5.73 Å². The molecule has 2 N–H and O–H groups in total. The van der Waals surface area contributed by atoms with Gasteiger partial charge >= 0.3 is 0 Å². The maximum atomic E-state index is 8.13. The van der Waals surface area contributed by atoms with E-state index < -0.39 is 0 Å². The Labute approximate surface area is 74.0 Å². The summed E-state index contributed by atoms with van der Waals surface area (Å²) in [6, 6.07) is 1.64. The van der Waals surface area contributed by atoms with E-state index in [1.807, 2.05) is 0 Å². The lowest BCUT2D eigenvalue weighted by atomic mass is 10.4. The first-order valence-electron chi connectivity index (χ1n) is 2.92. The van der Waals surface area contributed by atoms with Gasteiger partial charge < -0.3 is 5.73 Å². The van der Waals surface area contributed by atoms with Crippen molar-refractivity contribution >= 4 is 17.4 Å². The fourth-order valence-corrected chi connectivity index (χ4v) is 0.744. The SMILES string of the molecule is N#CC#Cc1ncc(N)nc1Cl. The second-order valence-electron chi connectivity index (χ2n) is 1.80. The highest BCUT2D eigenvalue weighted by Gasteiger charge is 1.99. The number of aromatic nitrogens is 2. The van der Waals surface area contributed by atoms with Crippen molar-refractivity contribution in [3.8, 4) is 17.9 Å². The minimum atomic E-state index is 0.109. The van der Waals surface area contributed by atoms with Gasteiger partial charge in [0, 0.05) is 5.92 Å². The van der Waals surface area contributed by atoms with Gasteiger partial charge in [0.1, 0.15) is 5.82 Å². The van der Waals surface area contributed by atoms with E-state index in [2.05, 4.69) is 21.8 Å². The summed E-state index contributed by atoms with van der Waals surface area (Å²) in [6.45, 7) is 0. The van der Waals surface area contributed by atoms with Gasteiger partial charge in [0.05, 0.1) is 6.20 Å². The average Bonchev–Trinajstić information content (AvgIpc) is 2.03. The Morgan fingerprint density at radius 1 is 1.58 bits per heavy atom. The predicted octanol–water partition coefficient (Wildman–Crippen LogP) is 0.587. The van der Waals surface area contributed by atoms with Crippen molar-refractivity contribution in [1.82, 2.24) is 9.97 Å². The molecule has 1 aromatic heterocycles. The molecule has 4 nitrogen and oxygen atoms in total. The normalized spacial score (nSPS) is 8.00. The van der Waals surface area contributed by atoms with Crippen LogP contribution < -0.4 is 5.73 Å². The number of anilines is 1. The van der Waals surface area contributed by atoms with Crippen molar-refractivity contribution in [3.63, 3.8) is 0 Å². The number of rotatable bonds is 0. The van der Waals surface area contributed by atoms with Crippen LogP contribution in [-0.2, 0) is 0 Å². The molecule has 0 aliphatic rings. The Morgan fingerprint density at radius 2 is 2.33 bits per heavy atom. The Kier molecular flexibility index (Phi) is 2.47. The Morgan fingerprint density at radius 3 is 2.92 bits per heavy atom. The summed E-state index contributed by atoms with van der Waals surface area (Å²) in [5.74, 6) is 4.79. The van der Waals surface area contributed by atoms with E-state index >= 15 is 0 Å². The van der Waals surface area contributed by atoms with Crippen molar-refractivity contribution in [3.05, 3.63) is 17.0 Å². The van der Waals surface area contributed by atoms with Crippen molar-refractivity contribution in [2.45, 2.75) is 0 Å². The summed E-state index contributed by atoms with van der Waals surface area (Å²) in [5, 5.41) is 8.24. The monoisotopic (exact) mass is 178 g/mol. The molecule has 5 heteroatoms. The zero-order chi connectivity index (χ0) is 8.97. The second kappa shape index (κ2) is 3.56. The topological polar surface area (TPSA) is 75.6 Å². The predicted molar refractivity (Wildman–Crippen MR) is 43.9 cm³/mol. The maximum absolute atomic E-state index is 8.13. The van der Waals surface area contributed by atoms with Crippen LogP contribution in [0.1, 0.15) is 5.69 Å². The molecule has 1 rings (SSSR count). The number of nitrogen functional groups attached to an aromatic ring is 1. The first-order chi connectivity index (χ1) is 5.74. The zero-order valence-corrected chi connectivity index (χ0v) is 6.63. The third-order valence-electron chi connectivity index (χ3n) is 0.985. The summed E-state index contributed by atoms with van der Waals surface area (Å²) >= 11 is 5.60. The molecule has 1 heterocycles. The molecule has 0 radical (unpaired) electrons. The summed E-state index contributed by atoms with van der Waals surface area (Å²) < 4.78 is 0. The van der Waals surface area contributed by atoms with Crippen LogP contribution in [0.4, 0.5) is 5.82 Å². The van der Waals surface area contributed by atoms with Crippen LogP contribution in [0, 0.1) is 23.2 Å². The molecule has 0 aromatic carbocycles. The molecular formula is C7H3ClN4. The highest BCUT2D eigenvalue weighted by atomic mass is 35.5. The van der Waals surface area contributed by atoms with E-state index in [0.29, 0.717) is 0 Å².